The third-order valence-electron chi connectivity index (χ3n) is 7.38. The number of aryl methyl sites for hydroxylation is 1. The van der Waals surface area contributed by atoms with Gasteiger partial charge in [-0.15, -0.1) is 0 Å². The molecule has 3 aromatic carbocycles. The van der Waals surface area contributed by atoms with E-state index in [1.165, 1.54) is 18.2 Å². The summed E-state index contributed by atoms with van der Waals surface area (Å²) in [5.74, 6) is -1.02. The molecule has 2 amide bonds. The van der Waals surface area contributed by atoms with E-state index in [2.05, 4.69) is 20.5 Å². The number of hydrogen-bond acceptors (Lipinski definition) is 5. The molecule has 0 bridgehead atoms. The zero-order chi connectivity index (χ0) is 28.6. The highest BCUT2D eigenvalue weighted by Gasteiger charge is 2.41. The number of carbonyl (C=O) groups excluding carboxylic acids is 2. The lowest BCUT2D eigenvalue weighted by molar-refractivity contribution is -0.131. The molecule has 204 valence electrons. The maximum absolute atomic E-state index is 14.2. The second-order valence-electron chi connectivity index (χ2n) is 9.92. The van der Waals surface area contributed by atoms with Gasteiger partial charge in [0.15, 0.2) is 5.60 Å². The van der Waals surface area contributed by atoms with E-state index in [-0.39, 0.29) is 11.5 Å². The van der Waals surface area contributed by atoms with Gasteiger partial charge in [-0.25, -0.2) is 9.37 Å². The number of H-pyrrole nitrogens is 1. The normalized spacial score (nSPS) is 13.9. The molecule has 6 rings (SSSR count). The first kappa shape index (κ1) is 26.1. The molecule has 5 aromatic rings. The number of halogens is 1. The van der Waals surface area contributed by atoms with Gasteiger partial charge in [0.2, 0.25) is 0 Å². The summed E-state index contributed by atoms with van der Waals surface area (Å²) in [6.07, 6.45) is 4.02. The van der Waals surface area contributed by atoms with E-state index in [0.717, 1.165) is 16.8 Å². The van der Waals surface area contributed by atoms with Gasteiger partial charge < -0.3 is 10.4 Å². The molecule has 0 aliphatic carbocycles. The van der Waals surface area contributed by atoms with Crippen LogP contribution in [0.5, 0.6) is 0 Å². The fourth-order valence-electron chi connectivity index (χ4n) is 5.22. The van der Waals surface area contributed by atoms with Gasteiger partial charge in [-0.05, 0) is 78.6 Å². The Morgan fingerprint density at radius 1 is 1.02 bits per heavy atom. The Morgan fingerprint density at radius 3 is 2.59 bits per heavy atom. The van der Waals surface area contributed by atoms with E-state index in [9.17, 15) is 19.1 Å². The summed E-state index contributed by atoms with van der Waals surface area (Å²) in [7, 11) is 0. The van der Waals surface area contributed by atoms with Crippen molar-refractivity contribution in [1.29, 1.82) is 0 Å². The number of benzene rings is 3. The average Bonchev–Trinajstić information content (AvgIpc) is 3.41. The molecule has 3 heterocycles. The van der Waals surface area contributed by atoms with Crippen molar-refractivity contribution in [3.05, 3.63) is 131 Å². The molecule has 9 heteroatoms. The first-order valence-electron chi connectivity index (χ1n) is 13.1. The number of fused-ring (bicyclic) bond motifs is 3. The molecule has 8 nitrogen and oxygen atoms in total. The second-order valence-corrected chi connectivity index (χ2v) is 9.92. The highest BCUT2D eigenvalue weighted by Crippen LogP contribution is 2.35. The van der Waals surface area contributed by atoms with Crippen LogP contribution in [-0.2, 0) is 16.8 Å². The van der Waals surface area contributed by atoms with Gasteiger partial charge in [0, 0.05) is 35.1 Å². The molecule has 3 N–H and O–H groups in total. The van der Waals surface area contributed by atoms with Gasteiger partial charge in [-0.1, -0.05) is 36.4 Å². The topological polar surface area (TPSA) is 111 Å². The zero-order valence-corrected chi connectivity index (χ0v) is 22.1. The standard InChI is InChI=1S/C32H26FN5O3/c1-20-9-12-24(33)18-27(20)32(41,23-6-3-2-4-7-23)31(40)36-25-13-10-21(11-14-25)30(39)38-17-15-22-19-35-37-28(22)26-8-5-16-34-29(26)38/h2-14,16,18-19,41H,15,17H2,1H3,(H,35,37)(H,36,40). The number of carbonyl (C=O) groups is 2. The van der Waals surface area contributed by atoms with Gasteiger partial charge in [-0.2, -0.15) is 5.10 Å². The molecular formula is C32H26FN5O3. The molecule has 0 saturated carbocycles. The maximum atomic E-state index is 14.2. The molecule has 1 atom stereocenters. The van der Waals surface area contributed by atoms with Crippen molar-refractivity contribution in [3.8, 4) is 11.3 Å². The van der Waals surface area contributed by atoms with Gasteiger partial charge >= 0.3 is 0 Å². The van der Waals surface area contributed by atoms with Crippen LogP contribution in [0.3, 0.4) is 0 Å². The molecule has 2 aromatic heterocycles. The number of aliphatic hydroxyl groups is 1. The molecule has 0 spiro atoms. The number of anilines is 2. The summed E-state index contributed by atoms with van der Waals surface area (Å²) in [6, 6.07) is 22.5. The summed E-state index contributed by atoms with van der Waals surface area (Å²) in [6.45, 7) is 2.13. The van der Waals surface area contributed by atoms with Gasteiger partial charge in [-0.3, -0.25) is 19.6 Å². The predicted octanol–water partition coefficient (Wildman–Crippen LogP) is 5.00. The number of nitrogens with zero attached hydrogens (tertiary/aromatic N) is 3. The summed E-state index contributed by atoms with van der Waals surface area (Å²) < 4.78 is 14.2. The summed E-state index contributed by atoms with van der Waals surface area (Å²) in [4.78, 5) is 33.4. The fraction of sp³-hybridized carbons (Fsp3) is 0.125. The van der Waals surface area contributed by atoms with Crippen LogP contribution in [-0.4, -0.2) is 38.6 Å². The quantitative estimate of drug-likeness (QED) is 0.287. The highest BCUT2D eigenvalue weighted by molar-refractivity contribution is 6.08. The van der Waals surface area contributed by atoms with E-state index in [1.807, 2.05) is 12.1 Å². The zero-order valence-electron chi connectivity index (χ0n) is 22.1. The van der Waals surface area contributed by atoms with Crippen LogP contribution in [0.2, 0.25) is 0 Å². The third-order valence-corrected chi connectivity index (χ3v) is 7.38. The Kier molecular flexibility index (Phi) is 6.64. The molecular weight excluding hydrogens is 521 g/mol. The number of nitrogens with one attached hydrogen (secondary N) is 2. The van der Waals surface area contributed by atoms with E-state index in [4.69, 9.17) is 0 Å². The fourth-order valence-corrected chi connectivity index (χ4v) is 5.22. The summed E-state index contributed by atoms with van der Waals surface area (Å²) in [5, 5.41) is 21.7. The van der Waals surface area contributed by atoms with Crippen molar-refractivity contribution in [2.75, 3.05) is 16.8 Å². The van der Waals surface area contributed by atoms with Crippen molar-refractivity contribution in [1.82, 2.24) is 15.2 Å². The Hall–Kier alpha value is -5.15. The van der Waals surface area contributed by atoms with Crippen molar-refractivity contribution in [3.63, 3.8) is 0 Å². The average molecular weight is 548 g/mol. The Labute approximate surface area is 235 Å². The Bertz CT molecular complexity index is 1750. The molecule has 0 radical (unpaired) electrons. The minimum Gasteiger partial charge on any atom is -0.372 e. The lowest BCUT2D eigenvalue weighted by Gasteiger charge is -2.29. The number of aromatic nitrogens is 3. The predicted molar refractivity (Wildman–Crippen MR) is 153 cm³/mol. The lowest BCUT2D eigenvalue weighted by atomic mass is 9.83. The van der Waals surface area contributed by atoms with Gasteiger partial charge in [0.1, 0.15) is 11.6 Å². The highest BCUT2D eigenvalue weighted by atomic mass is 19.1. The van der Waals surface area contributed by atoms with Crippen LogP contribution in [0.15, 0.2) is 97.3 Å². The van der Waals surface area contributed by atoms with E-state index >= 15 is 0 Å². The molecule has 1 aliphatic heterocycles. The third kappa shape index (κ3) is 4.66. The number of aromatic amines is 1. The summed E-state index contributed by atoms with van der Waals surface area (Å²) in [5.41, 5.74) is 2.25. The first-order valence-corrected chi connectivity index (χ1v) is 13.1. The van der Waals surface area contributed by atoms with Crippen molar-refractivity contribution in [2.24, 2.45) is 0 Å². The molecule has 41 heavy (non-hydrogen) atoms. The molecule has 1 aliphatic rings. The monoisotopic (exact) mass is 547 g/mol. The van der Waals surface area contributed by atoms with Crippen LogP contribution in [0.25, 0.3) is 11.3 Å². The lowest BCUT2D eigenvalue weighted by Crippen LogP contribution is -2.42. The van der Waals surface area contributed by atoms with Crippen molar-refractivity contribution >= 4 is 23.3 Å². The SMILES string of the molecule is Cc1ccc(F)cc1C(O)(C(=O)Nc1ccc(C(=O)N2CCc3cn[nH]c3-c3cccnc32)cc1)c1ccccc1. The van der Waals surface area contributed by atoms with Crippen molar-refractivity contribution < 1.29 is 19.1 Å². The molecule has 1 unspecified atom stereocenters. The van der Waals surface area contributed by atoms with E-state index < -0.39 is 17.3 Å². The van der Waals surface area contributed by atoms with Crippen LogP contribution >= 0.6 is 0 Å². The van der Waals surface area contributed by atoms with Crippen LogP contribution < -0.4 is 10.2 Å². The van der Waals surface area contributed by atoms with E-state index in [1.54, 1.807) is 78.8 Å². The minimum absolute atomic E-state index is 0.139. The van der Waals surface area contributed by atoms with Crippen LogP contribution in [0, 0.1) is 12.7 Å². The number of rotatable bonds is 5. The number of pyridine rings is 1. The van der Waals surface area contributed by atoms with Crippen LogP contribution in [0.1, 0.15) is 32.6 Å². The minimum atomic E-state index is -2.16. The smallest absolute Gasteiger partial charge is 0.265 e. The van der Waals surface area contributed by atoms with E-state index in [0.29, 0.717) is 41.2 Å². The number of hydrogen-bond donors (Lipinski definition) is 3. The Balaban J connectivity index is 1.28. The maximum Gasteiger partial charge on any atom is 0.265 e. The largest absolute Gasteiger partial charge is 0.372 e. The second kappa shape index (κ2) is 10.4. The molecule has 0 saturated heterocycles. The number of amides is 2. The van der Waals surface area contributed by atoms with Gasteiger partial charge in [0.25, 0.3) is 11.8 Å². The summed E-state index contributed by atoms with van der Waals surface area (Å²) >= 11 is 0. The molecule has 0 fully saturated rings. The Morgan fingerprint density at radius 2 is 1.80 bits per heavy atom. The first-order chi connectivity index (χ1) is 19.9. The van der Waals surface area contributed by atoms with Crippen LogP contribution in [0.4, 0.5) is 15.9 Å². The van der Waals surface area contributed by atoms with Crippen molar-refractivity contribution in [2.45, 2.75) is 18.9 Å². The van der Waals surface area contributed by atoms with Gasteiger partial charge in [0.05, 0.1) is 11.9 Å².